The summed E-state index contributed by atoms with van der Waals surface area (Å²) < 4.78 is 18.7. The summed E-state index contributed by atoms with van der Waals surface area (Å²) in [6, 6.07) is 5.91. The van der Waals surface area contributed by atoms with Gasteiger partial charge in [-0.3, -0.25) is 0 Å². The van der Waals surface area contributed by atoms with Crippen molar-refractivity contribution in [3.63, 3.8) is 0 Å². The van der Waals surface area contributed by atoms with Crippen molar-refractivity contribution in [2.45, 2.75) is 52.1 Å². The van der Waals surface area contributed by atoms with Gasteiger partial charge < -0.3 is 10.1 Å². The van der Waals surface area contributed by atoms with Crippen LogP contribution in [0.2, 0.25) is 0 Å². The largest absolute Gasteiger partial charge is 0.494 e. The van der Waals surface area contributed by atoms with Gasteiger partial charge in [-0.2, -0.15) is 0 Å². The summed E-state index contributed by atoms with van der Waals surface area (Å²) in [7, 11) is 1.49. The lowest BCUT2D eigenvalue weighted by molar-refractivity contribution is 0.196. The van der Waals surface area contributed by atoms with E-state index in [9.17, 15) is 4.39 Å². The van der Waals surface area contributed by atoms with Crippen LogP contribution >= 0.6 is 0 Å². The van der Waals surface area contributed by atoms with Gasteiger partial charge in [0.15, 0.2) is 11.6 Å². The molecule has 4 atom stereocenters. The predicted octanol–water partition coefficient (Wildman–Crippen LogP) is 4.31. The fourth-order valence-electron chi connectivity index (χ4n) is 3.19. The average Bonchev–Trinajstić information content (AvgIpc) is 2.43. The zero-order valence-corrected chi connectivity index (χ0v) is 12.9. The zero-order valence-electron chi connectivity index (χ0n) is 12.9. The summed E-state index contributed by atoms with van der Waals surface area (Å²) >= 11 is 0. The van der Waals surface area contributed by atoms with E-state index in [0.29, 0.717) is 17.7 Å². The first-order valence-corrected chi connectivity index (χ1v) is 7.62. The Bertz CT molecular complexity index is 449. The highest BCUT2D eigenvalue weighted by Gasteiger charge is 2.28. The van der Waals surface area contributed by atoms with Crippen molar-refractivity contribution in [3.8, 4) is 5.75 Å². The molecule has 112 valence electrons. The van der Waals surface area contributed by atoms with E-state index in [1.807, 2.05) is 6.07 Å². The van der Waals surface area contributed by atoms with E-state index in [0.717, 1.165) is 11.5 Å². The van der Waals surface area contributed by atoms with Crippen LogP contribution in [0.5, 0.6) is 5.75 Å². The first kappa shape index (κ1) is 15.3. The Morgan fingerprint density at radius 3 is 2.70 bits per heavy atom. The second-order valence-corrected chi connectivity index (χ2v) is 6.16. The number of rotatable bonds is 4. The Morgan fingerprint density at radius 1 is 1.30 bits per heavy atom. The monoisotopic (exact) mass is 279 g/mol. The molecule has 0 saturated heterocycles. The smallest absolute Gasteiger partial charge is 0.165 e. The van der Waals surface area contributed by atoms with Crippen molar-refractivity contribution in [2.75, 3.05) is 7.11 Å². The molecule has 3 heteroatoms. The maximum absolute atomic E-state index is 13.8. The van der Waals surface area contributed by atoms with Crippen LogP contribution in [0, 0.1) is 17.7 Å². The number of halogens is 1. The molecule has 4 unspecified atom stereocenters. The highest BCUT2D eigenvalue weighted by atomic mass is 19.1. The average molecular weight is 279 g/mol. The predicted molar refractivity (Wildman–Crippen MR) is 80.5 cm³/mol. The van der Waals surface area contributed by atoms with Crippen LogP contribution in [-0.4, -0.2) is 13.2 Å². The molecule has 2 nitrogen and oxygen atoms in total. The number of ether oxygens (including phenoxy) is 1. The van der Waals surface area contributed by atoms with Gasteiger partial charge in [0, 0.05) is 12.1 Å². The minimum Gasteiger partial charge on any atom is -0.494 e. The number of hydrogen-bond acceptors (Lipinski definition) is 2. The first-order chi connectivity index (χ1) is 9.52. The van der Waals surface area contributed by atoms with Crippen LogP contribution in [-0.2, 0) is 0 Å². The van der Waals surface area contributed by atoms with Crippen LogP contribution < -0.4 is 10.1 Å². The molecule has 0 aromatic heterocycles. The van der Waals surface area contributed by atoms with E-state index in [2.05, 4.69) is 26.1 Å². The molecular weight excluding hydrogens is 253 g/mol. The van der Waals surface area contributed by atoms with E-state index in [1.165, 1.54) is 26.4 Å². The Balaban J connectivity index is 2.04. The fraction of sp³-hybridized carbons (Fsp3) is 0.647. The molecule has 0 spiro atoms. The summed E-state index contributed by atoms with van der Waals surface area (Å²) in [5.41, 5.74) is 0.980. The quantitative estimate of drug-likeness (QED) is 0.886. The van der Waals surface area contributed by atoms with E-state index in [1.54, 1.807) is 12.1 Å². The van der Waals surface area contributed by atoms with Crippen LogP contribution in [0.3, 0.4) is 0 Å². The maximum atomic E-state index is 13.8. The number of benzene rings is 1. The molecular formula is C17H26FNO. The Hall–Kier alpha value is -1.09. The lowest BCUT2D eigenvalue weighted by atomic mass is 9.77. The SMILES string of the molecule is COc1ccc(C(C)NC2CCCC(C)C2C)cc1F. The van der Waals surface area contributed by atoms with Gasteiger partial charge in [-0.1, -0.05) is 32.8 Å². The summed E-state index contributed by atoms with van der Waals surface area (Å²) in [4.78, 5) is 0. The third kappa shape index (κ3) is 3.32. The topological polar surface area (TPSA) is 21.3 Å². The van der Waals surface area contributed by atoms with Crippen molar-refractivity contribution >= 4 is 0 Å². The van der Waals surface area contributed by atoms with E-state index < -0.39 is 0 Å². The molecule has 0 bridgehead atoms. The number of methoxy groups -OCH3 is 1. The lowest BCUT2D eigenvalue weighted by Crippen LogP contribution is -2.41. The van der Waals surface area contributed by atoms with Crippen LogP contribution in [0.25, 0.3) is 0 Å². The molecule has 1 fully saturated rings. The minimum absolute atomic E-state index is 0.160. The Labute approximate surface area is 121 Å². The van der Waals surface area contributed by atoms with E-state index in [4.69, 9.17) is 4.74 Å². The second kappa shape index (κ2) is 6.57. The van der Waals surface area contributed by atoms with E-state index >= 15 is 0 Å². The van der Waals surface area contributed by atoms with Crippen molar-refractivity contribution in [1.82, 2.24) is 5.32 Å². The molecule has 1 N–H and O–H groups in total. The van der Waals surface area contributed by atoms with E-state index in [-0.39, 0.29) is 11.9 Å². The number of hydrogen-bond donors (Lipinski definition) is 1. The normalized spacial score (nSPS) is 28.1. The second-order valence-electron chi connectivity index (χ2n) is 6.16. The third-order valence-electron chi connectivity index (χ3n) is 4.85. The zero-order chi connectivity index (χ0) is 14.7. The Kier molecular flexibility index (Phi) is 5.03. The first-order valence-electron chi connectivity index (χ1n) is 7.62. The molecule has 0 amide bonds. The van der Waals surface area contributed by atoms with Gasteiger partial charge >= 0.3 is 0 Å². The van der Waals surface area contributed by atoms with Gasteiger partial charge in [-0.15, -0.1) is 0 Å². The van der Waals surface area contributed by atoms with Crippen LogP contribution in [0.15, 0.2) is 18.2 Å². The minimum atomic E-state index is -0.288. The van der Waals surface area contributed by atoms with Crippen LogP contribution in [0.4, 0.5) is 4.39 Å². The van der Waals surface area contributed by atoms with Gasteiger partial charge in [-0.05, 0) is 42.9 Å². The molecule has 0 radical (unpaired) electrons. The summed E-state index contributed by atoms with van der Waals surface area (Å²) in [6.45, 7) is 6.76. The van der Waals surface area contributed by atoms with Gasteiger partial charge in [0.1, 0.15) is 0 Å². The molecule has 1 aromatic rings. The highest BCUT2D eigenvalue weighted by molar-refractivity contribution is 5.30. The van der Waals surface area contributed by atoms with Gasteiger partial charge in [0.25, 0.3) is 0 Å². The fourth-order valence-corrected chi connectivity index (χ4v) is 3.19. The van der Waals surface area contributed by atoms with Gasteiger partial charge in [-0.25, -0.2) is 4.39 Å². The summed E-state index contributed by atoms with van der Waals surface area (Å²) in [5, 5.41) is 3.67. The Morgan fingerprint density at radius 2 is 2.05 bits per heavy atom. The molecule has 1 saturated carbocycles. The van der Waals surface area contributed by atoms with Gasteiger partial charge in [0.2, 0.25) is 0 Å². The lowest BCUT2D eigenvalue weighted by Gasteiger charge is -2.36. The third-order valence-corrected chi connectivity index (χ3v) is 4.85. The van der Waals surface area contributed by atoms with Crippen molar-refractivity contribution in [3.05, 3.63) is 29.6 Å². The summed E-state index contributed by atoms with van der Waals surface area (Å²) in [5.74, 6) is 1.46. The van der Waals surface area contributed by atoms with Crippen LogP contribution in [0.1, 0.15) is 51.6 Å². The van der Waals surface area contributed by atoms with Crippen molar-refractivity contribution in [2.24, 2.45) is 11.8 Å². The van der Waals surface area contributed by atoms with Gasteiger partial charge in [0.05, 0.1) is 7.11 Å². The number of nitrogens with one attached hydrogen (secondary N) is 1. The molecule has 20 heavy (non-hydrogen) atoms. The summed E-state index contributed by atoms with van der Waals surface area (Å²) in [6.07, 6.45) is 3.83. The maximum Gasteiger partial charge on any atom is 0.165 e. The molecule has 1 aliphatic carbocycles. The standard InChI is InChI=1S/C17H26FNO/c1-11-6-5-7-16(12(11)2)19-13(3)14-8-9-17(20-4)15(18)10-14/h8-13,16,19H,5-7H2,1-4H3. The van der Waals surface area contributed by atoms with Crippen molar-refractivity contribution in [1.29, 1.82) is 0 Å². The molecule has 1 aliphatic rings. The molecule has 0 aliphatic heterocycles. The molecule has 2 rings (SSSR count). The molecule has 0 heterocycles. The molecule has 1 aromatic carbocycles. The van der Waals surface area contributed by atoms with Crippen molar-refractivity contribution < 1.29 is 9.13 Å². The highest BCUT2D eigenvalue weighted by Crippen LogP contribution is 2.31.